The standard InChI is InChI=1S/C17H21NO/c1-12-8-7-10-14(13(12)2)17(3,18)15-9-5-6-11-16(15)19-4/h5-11H,18H2,1-4H3. The highest BCUT2D eigenvalue weighted by atomic mass is 16.5. The smallest absolute Gasteiger partial charge is 0.124 e. The number of rotatable bonds is 3. The molecule has 2 N–H and O–H groups in total. The first-order valence-corrected chi connectivity index (χ1v) is 6.47. The summed E-state index contributed by atoms with van der Waals surface area (Å²) in [5.41, 5.74) is 10.7. The van der Waals surface area contributed by atoms with Gasteiger partial charge in [-0.3, -0.25) is 0 Å². The van der Waals surface area contributed by atoms with Gasteiger partial charge >= 0.3 is 0 Å². The maximum Gasteiger partial charge on any atom is 0.124 e. The van der Waals surface area contributed by atoms with Crippen molar-refractivity contribution in [3.05, 3.63) is 64.7 Å². The molecule has 0 aliphatic heterocycles. The fourth-order valence-corrected chi connectivity index (χ4v) is 2.53. The van der Waals surface area contributed by atoms with Gasteiger partial charge in [0.15, 0.2) is 0 Å². The summed E-state index contributed by atoms with van der Waals surface area (Å²) in [7, 11) is 1.68. The quantitative estimate of drug-likeness (QED) is 0.910. The summed E-state index contributed by atoms with van der Waals surface area (Å²) in [5.74, 6) is 0.827. The summed E-state index contributed by atoms with van der Waals surface area (Å²) in [6.07, 6.45) is 0. The van der Waals surface area contributed by atoms with Gasteiger partial charge in [-0.2, -0.15) is 0 Å². The lowest BCUT2D eigenvalue weighted by Crippen LogP contribution is -2.35. The molecule has 0 aliphatic carbocycles. The number of aryl methyl sites for hydroxylation is 1. The predicted octanol–water partition coefficient (Wildman–Crippen LogP) is 3.53. The number of hydrogen-bond donors (Lipinski definition) is 1. The Labute approximate surface area is 115 Å². The number of ether oxygens (including phenoxy) is 1. The zero-order valence-corrected chi connectivity index (χ0v) is 12.0. The van der Waals surface area contributed by atoms with Gasteiger partial charge in [-0.1, -0.05) is 36.4 Å². The van der Waals surface area contributed by atoms with Crippen LogP contribution in [-0.2, 0) is 5.54 Å². The first-order chi connectivity index (χ1) is 8.98. The molecular weight excluding hydrogens is 234 g/mol. The van der Waals surface area contributed by atoms with Crippen molar-refractivity contribution in [1.82, 2.24) is 0 Å². The molecular formula is C17H21NO. The van der Waals surface area contributed by atoms with Crippen molar-refractivity contribution in [3.63, 3.8) is 0 Å². The average Bonchev–Trinajstić information content (AvgIpc) is 2.41. The molecule has 0 bridgehead atoms. The molecule has 0 heterocycles. The van der Waals surface area contributed by atoms with Crippen LogP contribution < -0.4 is 10.5 Å². The molecule has 2 aromatic carbocycles. The van der Waals surface area contributed by atoms with Crippen LogP contribution in [0, 0.1) is 13.8 Å². The molecule has 0 aromatic heterocycles. The van der Waals surface area contributed by atoms with E-state index >= 15 is 0 Å². The molecule has 2 nitrogen and oxygen atoms in total. The third-order valence-corrected chi connectivity index (χ3v) is 3.83. The van der Waals surface area contributed by atoms with Crippen LogP contribution in [-0.4, -0.2) is 7.11 Å². The Kier molecular flexibility index (Phi) is 3.63. The molecule has 1 atom stereocenters. The second-order valence-electron chi connectivity index (χ2n) is 5.15. The normalized spacial score (nSPS) is 13.9. The second kappa shape index (κ2) is 5.06. The third kappa shape index (κ3) is 2.36. The van der Waals surface area contributed by atoms with Gasteiger partial charge in [0.2, 0.25) is 0 Å². The molecule has 0 spiro atoms. The summed E-state index contributed by atoms with van der Waals surface area (Å²) < 4.78 is 5.44. The molecule has 0 saturated carbocycles. The molecule has 0 saturated heterocycles. The lowest BCUT2D eigenvalue weighted by Gasteiger charge is -2.29. The number of nitrogens with two attached hydrogens (primary N) is 1. The number of para-hydroxylation sites is 1. The first-order valence-electron chi connectivity index (χ1n) is 6.47. The summed E-state index contributed by atoms with van der Waals surface area (Å²) >= 11 is 0. The summed E-state index contributed by atoms with van der Waals surface area (Å²) in [5, 5.41) is 0. The van der Waals surface area contributed by atoms with Gasteiger partial charge in [-0.25, -0.2) is 0 Å². The summed E-state index contributed by atoms with van der Waals surface area (Å²) in [6.45, 7) is 6.26. The minimum atomic E-state index is -0.567. The summed E-state index contributed by atoms with van der Waals surface area (Å²) in [6, 6.07) is 14.2. The van der Waals surface area contributed by atoms with Crippen molar-refractivity contribution >= 4 is 0 Å². The Hall–Kier alpha value is -1.80. The van der Waals surface area contributed by atoms with Crippen LogP contribution in [0.2, 0.25) is 0 Å². The second-order valence-corrected chi connectivity index (χ2v) is 5.15. The minimum Gasteiger partial charge on any atom is -0.496 e. The highest BCUT2D eigenvalue weighted by molar-refractivity contribution is 5.49. The number of hydrogen-bond acceptors (Lipinski definition) is 2. The van der Waals surface area contributed by atoms with Gasteiger partial charge in [0, 0.05) is 5.56 Å². The van der Waals surface area contributed by atoms with Crippen molar-refractivity contribution in [3.8, 4) is 5.75 Å². The Morgan fingerprint density at radius 2 is 1.58 bits per heavy atom. The molecule has 2 aromatic rings. The monoisotopic (exact) mass is 255 g/mol. The Morgan fingerprint density at radius 3 is 2.26 bits per heavy atom. The molecule has 2 heteroatoms. The summed E-state index contributed by atoms with van der Waals surface area (Å²) in [4.78, 5) is 0. The Morgan fingerprint density at radius 1 is 0.947 bits per heavy atom. The topological polar surface area (TPSA) is 35.2 Å². The maximum absolute atomic E-state index is 6.63. The van der Waals surface area contributed by atoms with E-state index in [-0.39, 0.29) is 0 Å². The van der Waals surface area contributed by atoms with E-state index in [9.17, 15) is 0 Å². The molecule has 0 fully saturated rings. The lowest BCUT2D eigenvalue weighted by atomic mass is 9.81. The van der Waals surface area contributed by atoms with Crippen molar-refractivity contribution in [2.24, 2.45) is 5.73 Å². The first kappa shape index (κ1) is 13.6. The van der Waals surface area contributed by atoms with E-state index in [2.05, 4.69) is 32.0 Å². The van der Waals surface area contributed by atoms with Gasteiger partial charge in [-0.05, 0) is 43.5 Å². The zero-order valence-electron chi connectivity index (χ0n) is 12.0. The van der Waals surface area contributed by atoms with Crippen molar-refractivity contribution in [2.75, 3.05) is 7.11 Å². The van der Waals surface area contributed by atoms with E-state index in [1.165, 1.54) is 11.1 Å². The van der Waals surface area contributed by atoms with Crippen LogP contribution in [0.25, 0.3) is 0 Å². The van der Waals surface area contributed by atoms with Gasteiger partial charge in [0.1, 0.15) is 5.75 Å². The highest BCUT2D eigenvalue weighted by Gasteiger charge is 2.28. The fraction of sp³-hybridized carbons (Fsp3) is 0.294. The average molecular weight is 255 g/mol. The van der Waals surface area contributed by atoms with Gasteiger partial charge < -0.3 is 10.5 Å². The molecule has 0 radical (unpaired) electrons. The molecule has 0 aliphatic rings. The maximum atomic E-state index is 6.63. The zero-order chi connectivity index (χ0) is 14.0. The van der Waals surface area contributed by atoms with Crippen LogP contribution >= 0.6 is 0 Å². The van der Waals surface area contributed by atoms with E-state index in [1.807, 2.05) is 31.2 Å². The third-order valence-electron chi connectivity index (χ3n) is 3.83. The van der Waals surface area contributed by atoms with Crippen LogP contribution in [0.4, 0.5) is 0 Å². The molecule has 1 unspecified atom stereocenters. The highest BCUT2D eigenvalue weighted by Crippen LogP contribution is 2.35. The lowest BCUT2D eigenvalue weighted by molar-refractivity contribution is 0.398. The molecule has 0 amide bonds. The minimum absolute atomic E-state index is 0.567. The number of benzene rings is 2. The van der Waals surface area contributed by atoms with Crippen molar-refractivity contribution < 1.29 is 4.74 Å². The van der Waals surface area contributed by atoms with E-state index < -0.39 is 5.54 Å². The van der Waals surface area contributed by atoms with Gasteiger partial charge in [0.25, 0.3) is 0 Å². The predicted molar refractivity (Wildman–Crippen MR) is 79.6 cm³/mol. The van der Waals surface area contributed by atoms with Crippen molar-refractivity contribution in [2.45, 2.75) is 26.3 Å². The Balaban J connectivity index is 2.62. The molecule has 19 heavy (non-hydrogen) atoms. The molecule has 100 valence electrons. The van der Waals surface area contributed by atoms with Crippen LogP contribution in [0.5, 0.6) is 5.75 Å². The van der Waals surface area contributed by atoms with Crippen LogP contribution in [0.15, 0.2) is 42.5 Å². The fourth-order valence-electron chi connectivity index (χ4n) is 2.53. The van der Waals surface area contributed by atoms with Gasteiger partial charge in [0.05, 0.1) is 12.6 Å². The van der Waals surface area contributed by atoms with Gasteiger partial charge in [-0.15, -0.1) is 0 Å². The van der Waals surface area contributed by atoms with E-state index in [0.717, 1.165) is 16.9 Å². The van der Waals surface area contributed by atoms with E-state index in [4.69, 9.17) is 10.5 Å². The largest absolute Gasteiger partial charge is 0.496 e. The van der Waals surface area contributed by atoms with Crippen molar-refractivity contribution in [1.29, 1.82) is 0 Å². The Bertz CT molecular complexity index is 588. The van der Waals surface area contributed by atoms with Crippen LogP contribution in [0.1, 0.15) is 29.2 Å². The van der Waals surface area contributed by atoms with E-state index in [1.54, 1.807) is 7.11 Å². The number of methoxy groups -OCH3 is 1. The van der Waals surface area contributed by atoms with Crippen LogP contribution in [0.3, 0.4) is 0 Å². The molecule has 2 rings (SSSR count). The SMILES string of the molecule is COc1ccccc1C(C)(N)c1cccc(C)c1C. The van der Waals surface area contributed by atoms with E-state index in [0.29, 0.717) is 0 Å².